The highest BCUT2D eigenvalue weighted by Gasteiger charge is 2.19. The van der Waals surface area contributed by atoms with Crippen LogP contribution in [0, 0.1) is 18.3 Å². The predicted molar refractivity (Wildman–Crippen MR) is 98.6 cm³/mol. The molecule has 0 radical (unpaired) electrons. The van der Waals surface area contributed by atoms with Gasteiger partial charge in [0.05, 0.1) is 7.11 Å². The topological polar surface area (TPSA) is 125 Å². The first kappa shape index (κ1) is 20.6. The van der Waals surface area contributed by atoms with Crippen molar-refractivity contribution in [3.05, 3.63) is 58.7 Å². The zero-order valence-corrected chi connectivity index (χ0v) is 15.8. The molecule has 1 aromatic heterocycles. The lowest BCUT2D eigenvalue weighted by molar-refractivity contribution is -0.118. The number of nitrogens with two attached hydrogens (primary N) is 1. The Bertz CT molecular complexity index is 931. The van der Waals surface area contributed by atoms with Crippen LogP contribution in [0.25, 0.3) is 0 Å². The van der Waals surface area contributed by atoms with Crippen molar-refractivity contribution in [1.29, 1.82) is 5.26 Å². The number of esters is 1. The number of benzene rings is 1. The molecule has 2 aromatic rings. The van der Waals surface area contributed by atoms with Gasteiger partial charge in [-0.15, -0.1) is 0 Å². The van der Waals surface area contributed by atoms with Crippen molar-refractivity contribution in [1.82, 2.24) is 0 Å². The van der Waals surface area contributed by atoms with E-state index in [2.05, 4.69) is 0 Å². The van der Waals surface area contributed by atoms with Gasteiger partial charge >= 0.3 is 5.97 Å². The van der Waals surface area contributed by atoms with Gasteiger partial charge in [-0.1, -0.05) is 0 Å². The van der Waals surface area contributed by atoms with Crippen molar-refractivity contribution < 1.29 is 28.2 Å². The van der Waals surface area contributed by atoms with Crippen molar-refractivity contribution in [3.63, 3.8) is 0 Å². The highest BCUT2D eigenvalue weighted by Crippen LogP contribution is 2.21. The van der Waals surface area contributed by atoms with Gasteiger partial charge in [-0.25, -0.2) is 4.79 Å². The number of hydrogen-bond acceptors (Lipinski definition) is 8. The number of ether oxygens (including phenoxy) is 3. The fraction of sp³-hybridized carbons (Fsp3) is 0.250. The molecule has 0 aliphatic heterocycles. The van der Waals surface area contributed by atoms with Gasteiger partial charge in [0.25, 0.3) is 0 Å². The molecular weight excluding hydrogens is 364 g/mol. The number of methoxy groups -OCH3 is 1. The third-order valence-electron chi connectivity index (χ3n) is 3.75. The molecule has 8 heteroatoms. The van der Waals surface area contributed by atoms with E-state index < -0.39 is 18.4 Å². The Kier molecular flexibility index (Phi) is 6.82. The average Bonchev–Trinajstić information content (AvgIpc) is 3.05. The number of aryl methyl sites for hydroxylation is 1. The molecular formula is C20H20N2O6. The molecule has 0 saturated carbocycles. The zero-order chi connectivity index (χ0) is 20.7. The normalized spacial score (nSPS) is 11.2. The Labute approximate surface area is 162 Å². The third kappa shape index (κ3) is 5.14. The summed E-state index contributed by atoms with van der Waals surface area (Å²) in [7, 11) is 1.57. The monoisotopic (exact) mass is 384 g/mol. The molecule has 0 amide bonds. The molecule has 0 saturated heterocycles. The lowest BCUT2D eigenvalue weighted by atomic mass is 10.1. The molecule has 0 aliphatic carbocycles. The minimum Gasteiger partial charge on any atom is -0.497 e. The maximum atomic E-state index is 12.2. The fourth-order valence-electron chi connectivity index (χ4n) is 2.30. The number of ketones is 1. The van der Waals surface area contributed by atoms with Gasteiger partial charge in [-0.05, 0) is 44.2 Å². The number of nitrogens with zero attached hydrogens (tertiary/aromatic N) is 1. The number of carbonyl (C=O) groups excluding carboxylic acids is 2. The maximum absolute atomic E-state index is 12.2. The lowest BCUT2D eigenvalue weighted by Gasteiger charge is -2.05. The molecule has 0 aliphatic rings. The number of furan rings is 1. The van der Waals surface area contributed by atoms with Gasteiger partial charge in [-0.3, -0.25) is 4.79 Å². The summed E-state index contributed by atoms with van der Waals surface area (Å²) in [6.07, 6.45) is 0. The fourth-order valence-corrected chi connectivity index (χ4v) is 2.30. The molecule has 146 valence electrons. The van der Waals surface area contributed by atoms with Gasteiger partial charge in [0.2, 0.25) is 5.78 Å². The van der Waals surface area contributed by atoms with E-state index >= 15 is 0 Å². The maximum Gasteiger partial charge on any atom is 0.342 e. The van der Waals surface area contributed by atoms with Crippen molar-refractivity contribution in [3.8, 4) is 17.6 Å². The van der Waals surface area contributed by atoms with Crippen LogP contribution in [0.4, 0.5) is 0 Å². The highest BCUT2D eigenvalue weighted by molar-refractivity contribution is 6.02. The summed E-state index contributed by atoms with van der Waals surface area (Å²) in [6, 6.07) is 10.2. The van der Waals surface area contributed by atoms with Crippen LogP contribution in [0.3, 0.4) is 0 Å². The van der Waals surface area contributed by atoms with Crippen LogP contribution >= 0.6 is 0 Å². The predicted octanol–water partition coefficient (Wildman–Crippen LogP) is 2.66. The minimum absolute atomic E-state index is 0.0704. The van der Waals surface area contributed by atoms with E-state index in [0.29, 0.717) is 23.0 Å². The molecule has 1 aromatic carbocycles. The van der Waals surface area contributed by atoms with Gasteiger partial charge in [0, 0.05) is 5.70 Å². The van der Waals surface area contributed by atoms with E-state index in [4.69, 9.17) is 29.6 Å². The number of allylic oxidation sites excluding steroid dienone is 1. The first-order valence-corrected chi connectivity index (χ1v) is 8.28. The Morgan fingerprint density at radius 3 is 2.43 bits per heavy atom. The number of hydrogen-bond donors (Lipinski definition) is 1. The zero-order valence-electron chi connectivity index (χ0n) is 15.8. The first-order valence-electron chi connectivity index (χ1n) is 8.28. The summed E-state index contributed by atoms with van der Waals surface area (Å²) in [6.45, 7) is 2.54. The van der Waals surface area contributed by atoms with Gasteiger partial charge < -0.3 is 24.4 Å². The van der Waals surface area contributed by atoms with Gasteiger partial charge in [0.1, 0.15) is 46.8 Å². The van der Waals surface area contributed by atoms with E-state index in [1.807, 2.05) is 0 Å². The second-order valence-electron chi connectivity index (χ2n) is 5.82. The molecule has 0 unspecified atom stereocenters. The summed E-state index contributed by atoms with van der Waals surface area (Å²) in [4.78, 5) is 24.0. The van der Waals surface area contributed by atoms with Crippen molar-refractivity contribution in [2.24, 2.45) is 5.73 Å². The second-order valence-corrected chi connectivity index (χ2v) is 5.82. The quantitative estimate of drug-likeness (QED) is 0.418. The minimum atomic E-state index is -0.739. The van der Waals surface area contributed by atoms with Crippen molar-refractivity contribution in [2.45, 2.75) is 20.5 Å². The Morgan fingerprint density at radius 1 is 1.21 bits per heavy atom. The molecule has 0 spiro atoms. The largest absolute Gasteiger partial charge is 0.497 e. The molecule has 0 fully saturated rings. The first-order chi connectivity index (χ1) is 13.3. The number of carbonyl (C=O) groups is 2. The van der Waals surface area contributed by atoms with Crippen LogP contribution in [-0.2, 0) is 16.1 Å². The van der Waals surface area contributed by atoms with Crippen LogP contribution in [0.2, 0.25) is 0 Å². The van der Waals surface area contributed by atoms with Crippen LogP contribution in [0.1, 0.15) is 28.8 Å². The SMILES string of the molecule is COc1ccc(OCc2cc(C(=O)OCC(=O)/C(C#N)=C(/C)N)c(C)o2)cc1. The number of nitriles is 1. The molecule has 2 rings (SSSR count). The van der Waals surface area contributed by atoms with Crippen LogP contribution in [-0.4, -0.2) is 25.5 Å². The van der Waals surface area contributed by atoms with Crippen molar-refractivity contribution in [2.75, 3.05) is 13.7 Å². The van der Waals surface area contributed by atoms with Crippen LogP contribution in [0.5, 0.6) is 11.5 Å². The second kappa shape index (κ2) is 9.28. The lowest BCUT2D eigenvalue weighted by Crippen LogP contribution is -2.17. The summed E-state index contributed by atoms with van der Waals surface area (Å²) in [5.41, 5.74) is 5.46. The smallest absolute Gasteiger partial charge is 0.342 e. The van der Waals surface area contributed by atoms with E-state index in [-0.39, 0.29) is 23.4 Å². The van der Waals surface area contributed by atoms with E-state index in [1.54, 1.807) is 44.4 Å². The van der Waals surface area contributed by atoms with Gasteiger partial charge in [-0.2, -0.15) is 5.26 Å². The Balaban J connectivity index is 1.97. The van der Waals surface area contributed by atoms with E-state index in [0.717, 1.165) is 0 Å². The number of rotatable bonds is 8. The molecule has 0 atom stereocenters. The standard InChI is InChI=1S/C20H20N2O6/c1-12(22)18(9-21)19(23)11-27-20(24)17-8-16(28-13(17)2)10-26-15-6-4-14(25-3)5-7-15/h4-8H,10-11,22H2,1-3H3/b18-12-. The third-order valence-corrected chi connectivity index (χ3v) is 3.75. The molecule has 0 bridgehead atoms. The Hall–Kier alpha value is -3.73. The van der Waals surface area contributed by atoms with E-state index in [9.17, 15) is 9.59 Å². The van der Waals surface area contributed by atoms with Gasteiger partial charge in [0.15, 0.2) is 6.61 Å². The summed E-state index contributed by atoms with van der Waals surface area (Å²) in [5.74, 6) is 0.661. The molecule has 8 nitrogen and oxygen atoms in total. The highest BCUT2D eigenvalue weighted by atomic mass is 16.5. The molecule has 2 N–H and O–H groups in total. The van der Waals surface area contributed by atoms with Crippen molar-refractivity contribution >= 4 is 11.8 Å². The van der Waals surface area contributed by atoms with E-state index in [1.165, 1.54) is 13.0 Å². The summed E-state index contributed by atoms with van der Waals surface area (Å²) in [5, 5.41) is 8.89. The number of Topliss-reactive ketones (excluding diaryl/α,β-unsaturated/α-hetero) is 1. The van der Waals surface area contributed by atoms with Crippen LogP contribution < -0.4 is 15.2 Å². The molecule has 28 heavy (non-hydrogen) atoms. The van der Waals surface area contributed by atoms with Crippen LogP contribution in [0.15, 0.2) is 46.0 Å². The Morgan fingerprint density at radius 2 is 1.86 bits per heavy atom. The molecule has 1 heterocycles. The summed E-state index contributed by atoms with van der Waals surface area (Å²) < 4.78 is 21.1. The summed E-state index contributed by atoms with van der Waals surface area (Å²) >= 11 is 0. The average molecular weight is 384 g/mol.